The number of benzene rings is 3. The summed E-state index contributed by atoms with van der Waals surface area (Å²) in [5.41, 5.74) is 2.27. The van der Waals surface area contributed by atoms with E-state index in [0.29, 0.717) is 13.1 Å². The summed E-state index contributed by atoms with van der Waals surface area (Å²) in [7, 11) is 0. The Bertz CT molecular complexity index is 864. The van der Waals surface area contributed by atoms with Gasteiger partial charge in [0.1, 0.15) is 5.82 Å². The van der Waals surface area contributed by atoms with Crippen LogP contribution in [-0.2, 0) is 17.9 Å². The maximum Gasteiger partial charge on any atom is 0.247 e. The van der Waals surface area contributed by atoms with Crippen LogP contribution in [-0.4, -0.2) is 10.8 Å². The van der Waals surface area contributed by atoms with E-state index in [4.69, 9.17) is 11.6 Å². The number of carbonyl (C=O) groups excluding carboxylic acids is 1. The molecule has 0 radical (unpaired) electrons. The minimum absolute atomic E-state index is 0.206. The maximum absolute atomic E-state index is 13.9. The second-order valence-electron chi connectivity index (χ2n) is 6.13. The SMILES string of the molecule is O=C(/C=C/c1c(F)cccc1Cl)N(Cc1ccccc1)Cc1ccccc1. The Morgan fingerprint density at radius 1 is 0.852 bits per heavy atom. The van der Waals surface area contributed by atoms with Gasteiger partial charge < -0.3 is 4.90 Å². The molecule has 0 saturated heterocycles. The van der Waals surface area contributed by atoms with E-state index < -0.39 is 5.82 Å². The molecule has 0 fully saturated rings. The minimum atomic E-state index is -0.454. The van der Waals surface area contributed by atoms with Crippen LogP contribution in [0.3, 0.4) is 0 Å². The summed E-state index contributed by atoms with van der Waals surface area (Å²) in [5, 5.41) is 0.275. The number of rotatable bonds is 6. The first kappa shape index (κ1) is 18.9. The molecule has 2 nitrogen and oxygen atoms in total. The molecular weight excluding hydrogens is 361 g/mol. The molecule has 0 aliphatic rings. The van der Waals surface area contributed by atoms with Crippen molar-refractivity contribution in [3.05, 3.63) is 112 Å². The molecular formula is C23H19ClFNO. The third-order valence-corrected chi connectivity index (χ3v) is 4.47. The van der Waals surface area contributed by atoms with Crippen molar-refractivity contribution in [2.24, 2.45) is 0 Å². The van der Waals surface area contributed by atoms with Gasteiger partial charge in [-0.1, -0.05) is 78.3 Å². The van der Waals surface area contributed by atoms with Gasteiger partial charge in [0.05, 0.1) is 5.02 Å². The maximum atomic E-state index is 13.9. The van der Waals surface area contributed by atoms with Crippen LogP contribution in [0, 0.1) is 5.82 Å². The first-order valence-corrected chi connectivity index (χ1v) is 9.00. The fourth-order valence-electron chi connectivity index (χ4n) is 2.75. The molecule has 4 heteroatoms. The van der Waals surface area contributed by atoms with Crippen molar-refractivity contribution in [2.45, 2.75) is 13.1 Å². The Morgan fingerprint density at radius 2 is 1.41 bits per heavy atom. The second-order valence-corrected chi connectivity index (χ2v) is 6.54. The largest absolute Gasteiger partial charge is 0.331 e. The fraction of sp³-hybridized carbons (Fsp3) is 0.0870. The molecule has 136 valence electrons. The second kappa shape index (κ2) is 9.15. The van der Waals surface area contributed by atoms with Gasteiger partial charge in [0.25, 0.3) is 0 Å². The van der Waals surface area contributed by atoms with Crippen molar-refractivity contribution >= 4 is 23.6 Å². The molecule has 3 aromatic carbocycles. The molecule has 0 bridgehead atoms. The lowest BCUT2D eigenvalue weighted by atomic mass is 10.1. The molecule has 0 N–H and O–H groups in total. The molecule has 1 amide bonds. The lowest BCUT2D eigenvalue weighted by Gasteiger charge is -2.21. The average molecular weight is 380 g/mol. The summed E-state index contributed by atoms with van der Waals surface area (Å²) in [6, 6.07) is 24.0. The Kier molecular flexibility index (Phi) is 6.39. The highest BCUT2D eigenvalue weighted by Gasteiger charge is 2.13. The van der Waals surface area contributed by atoms with Gasteiger partial charge in [-0.3, -0.25) is 4.79 Å². The number of amides is 1. The van der Waals surface area contributed by atoms with E-state index in [2.05, 4.69) is 0 Å². The summed E-state index contributed by atoms with van der Waals surface area (Å²) in [6.45, 7) is 0.924. The van der Waals surface area contributed by atoms with Crippen molar-refractivity contribution < 1.29 is 9.18 Å². The average Bonchev–Trinajstić information content (AvgIpc) is 2.68. The van der Waals surface area contributed by atoms with Crippen molar-refractivity contribution in [1.29, 1.82) is 0 Å². The van der Waals surface area contributed by atoms with Crippen LogP contribution >= 0.6 is 11.6 Å². The van der Waals surface area contributed by atoms with Crippen molar-refractivity contribution in [3.8, 4) is 0 Å². The quantitative estimate of drug-likeness (QED) is 0.501. The molecule has 0 spiro atoms. The Morgan fingerprint density at radius 3 is 1.93 bits per heavy atom. The van der Waals surface area contributed by atoms with Gasteiger partial charge in [0.15, 0.2) is 0 Å². The molecule has 3 aromatic rings. The van der Waals surface area contributed by atoms with E-state index in [0.717, 1.165) is 11.1 Å². The standard InChI is InChI=1S/C23H19ClFNO/c24-21-12-7-13-22(25)20(21)14-15-23(27)26(16-18-8-3-1-4-9-18)17-19-10-5-2-6-11-19/h1-15H,16-17H2/b15-14+. The summed E-state index contributed by atoms with van der Waals surface area (Å²) in [6.07, 6.45) is 2.80. The lowest BCUT2D eigenvalue weighted by molar-refractivity contribution is -0.127. The molecule has 0 atom stereocenters. The van der Waals surface area contributed by atoms with Gasteiger partial charge in [-0.2, -0.15) is 0 Å². The van der Waals surface area contributed by atoms with E-state index in [1.54, 1.807) is 11.0 Å². The van der Waals surface area contributed by atoms with Gasteiger partial charge in [0.2, 0.25) is 5.91 Å². The highest BCUT2D eigenvalue weighted by atomic mass is 35.5. The highest BCUT2D eigenvalue weighted by Crippen LogP contribution is 2.20. The summed E-state index contributed by atoms with van der Waals surface area (Å²) in [5.74, 6) is -0.661. The summed E-state index contributed by atoms with van der Waals surface area (Å²) < 4.78 is 13.9. The van der Waals surface area contributed by atoms with Gasteiger partial charge in [-0.05, 0) is 29.3 Å². The molecule has 0 saturated carbocycles. The Hall–Kier alpha value is -2.91. The van der Waals surface area contributed by atoms with Gasteiger partial charge in [-0.15, -0.1) is 0 Å². The van der Waals surface area contributed by atoms with E-state index in [-0.39, 0.29) is 16.5 Å². The van der Waals surface area contributed by atoms with E-state index in [1.807, 2.05) is 60.7 Å². The summed E-state index contributed by atoms with van der Waals surface area (Å²) >= 11 is 6.04. The number of hydrogen-bond acceptors (Lipinski definition) is 1. The van der Waals surface area contributed by atoms with Crippen LogP contribution in [0.1, 0.15) is 16.7 Å². The third kappa shape index (κ3) is 5.28. The molecule has 3 rings (SSSR count). The zero-order chi connectivity index (χ0) is 19.1. The zero-order valence-electron chi connectivity index (χ0n) is 14.7. The highest BCUT2D eigenvalue weighted by molar-refractivity contribution is 6.32. The van der Waals surface area contributed by atoms with Crippen LogP contribution in [0.25, 0.3) is 6.08 Å². The van der Waals surface area contributed by atoms with Crippen LogP contribution in [0.4, 0.5) is 4.39 Å². The summed E-state index contributed by atoms with van der Waals surface area (Å²) in [4.78, 5) is 14.5. The van der Waals surface area contributed by atoms with Crippen LogP contribution in [0.2, 0.25) is 5.02 Å². The van der Waals surface area contributed by atoms with E-state index in [1.165, 1.54) is 24.3 Å². The molecule has 0 aliphatic heterocycles. The van der Waals surface area contributed by atoms with Crippen LogP contribution in [0.5, 0.6) is 0 Å². The molecule has 0 heterocycles. The van der Waals surface area contributed by atoms with Crippen molar-refractivity contribution in [3.63, 3.8) is 0 Å². The van der Waals surface area contributed by atoms with Gasteiger partial charge in [0, 0.05) is 24.7 Å². The fourth-order valence-corrected chi connectivity index (χ4v) is 2.98. The molecule has 0 aromatic heterocycles. The van der Waals surface area contributed by atoms with Crippen molar-refractivity contribution in [2.75, 3.05) is 0 Å². The van der Waals surface area contributed by atoms with E-state index >= 15 is 0 Å². The third-order valence-electron chi connectivity index (χ3n) is 4.14. The Labute approximate surface area is 163 Å². The smallest absolute Gasteiger partial charge is 0.247 e. The number of carbonyl (C=O) groups is 1. The van der Waals surface area contributed by atoms with Crippen molar-refractivity contribution in [1.82, 2.24) is 4.90 Å². The topological polar surface area (TPSA) is 20.3 Å². The number of halogens is 2. The minimum Gasteiger partial charge on any atom is -0.331 e. The zero-order valence-corrected chi connectivity index (χ0v) is 15.4. The van der Waals surface area contributed by atoms with E-state index in [9.17, 15) is 9.18 Å². The lowest BCUT2D eigenvalue weighted by Crippen LogP contribution is -2.28. The Balaban J connectivity index is 1.82. The predicted molar refractivity (Wildman–Crippen MR) is 108 cm³/mol. The number of nitrogens with zero attached hydrogens (tertiary/aromatic N) is 1. The molecule has 0 aliphatic carbocycles. The normalized spacial score (nSPS) is 10.9. The first-order valence-electron chi connectivity index (χ1n) is 8.62. The predicted octanol–water partition coefficient (Wildman–Crippen LogP) is 5.72. The first-order chi connectivity index (χ1) is 13.1. The molecule has 27 heavy (non-hydrogen) atoms. The van der Waals surface area contributed by atoms with Gasteiger partial charge in [-0.25, -0.2) is 4.39 Å². The number of hydrogen-bond donors (Lipinski definition) is 0. The van der Waals surface area contributed by atoms with Crippen LogP contribution in [0.15, 0.2) is 84.9 Å². The molecule has 0 unspecified atom stereocenters. The van der Waals surface area contributed by atoms with Gasteiger partial charge >= 0.3 is 0 Å². The van der Waals surface area contributed by atoms with Crippen LogP contribution < -0.4 is 0 Å². The monoisotopic (exact) mass is 379 g/mol.